The van der Waals surface area contributed by atoms with Crippen LogP contribution in [0.25, 0.3) is 0 Å². The first-order valence-corrected chi connectivity index (χ1v) is 27.1. The summed E-state index contributed by atoms with van der Waals surface area (Å²) in [6, 6.07) is 17.5. The van der Waals surface area contributed by atoms with Gasteiger partial charge in [-0.25, -0.2) is 9.59 Å². The largest absolute Gasteiger partial charge is 0.509 e. The van der Waals surface area contributed by atoms with Crippen LogP contribution < -0.4 is 0 Å². The number of methoxy groups -OCH3 is 2. The van der Waals surface area contributed by atoms with Gasteiger partial charge in [0.15, 0.2) is 36.2 Å². The number of ketones is 1. The van der Waals surface area contributed by atoms with Crippen molar-refractivity contribution < 1.29 is 76.0 Å². The zero-order valence-corrected chi connectivity index (χ0v) is 47.0. The number of carbonyl (C=O) groups is 4. The Morgan fingerprint density at radius 1 is 0.838 bits per heavy atom. The molecule has 0 aromatic heterocycles. The molecule has 2 aromatic rings. The Morgan fingerprint density at radius 3 is 2.04 bits per heavy atom. The van der Waals surface area contributed by atoms with Crippen LogP contribution in [0.2, 0.25) is 0 Å². The van der Waals surface area contributed by atoms with Crippen LogP contribution in [0.3, 0.4) is 0 Å². The third-order valence-electron chi connectivity index (χ3n) is 15.2. The lowest BCUT2D eigenvalue weighted by atomic mass is 9.79. The fourth-order valence-corrected chi connectivity index (χ4v) is 11.2. The third-order valence-corrected chi connectivity index (χ3v) is 16.2. The number of fused-ring (bicyclic) bond motifs is 2. The maximum absolute atomic E-state index is 14.8. The number of amides is 1. The minimum Gasteiger partial charge on any atom is -0.488 e. The van der Waals surface area contributed by atoms with Gasteiger partial charge in [-0.2, -0.15) is 0 Å². The molecule has 74 heavy (non-hydrogen) atoms. The number of thiocarbonyl (C=S) groups is 1. The summed E-state index contributed by atoms with van der Waals surface area (Å²) in [5.41, 5.74) is -1.55. The van der Waals surface area contributed by atoms with Gasteiger partial charge in [0.25, 0.3) is 0 Å². The van der Waals surface area contributed by atoms with Gasteiger partial charge >= 0.3 is 18.2 Å². The van der Waals surface area contributed by atoms with E-state index >= 15 is 0 Å². The summed E-state index contributed by atoms with van der Waals surface area (Å²) in [5.74, 6) is -3.30. The molecule has 4 aliphatic heterocycles. The third kappa shape index (κ3) is 13.2. The second-order valence-electron chi connectivity index (χ2n) is 20.6. The van der Waals surface area contributed by atoms with E-state index in [1.54, 1.807) is 34.9 Å². The molecule has 2 aromatic carbocycles. The normalized spacial score (nSPS) is 35.7. The molecule has 3 saturated heterocycles. The number of carbonyl (C=O) groups excluding carboxylic acids is 4. The zero-order chi connectivity index (χ0) is 54.3. The number of likely N-dealkylation sites (N-methyl/N-ethyl adjacent to an activating group) is 1. The van der Waals surface area contributed by atoms with Gasteiger partial charge in [-0.15, -0.1) is 0 Å². The lowest BCUT2D eigenvalue weighted by molar-refractivity contribution is -0.315. The van der Waals surface area contributed by atoms with Crippen LogP contribution in [0.5, 0.6) is 0 Å². The summed E-state index contributed by atoms with van der Waals surface area (Å²) in [5, 5.41) is 0. The van der Waals surface area contributed by atoms with Crippen LogP contribution in [0.4, 0.5) is 9.59 Å². The molecule has 4 heterocycles. The Balaban J connectivity index is 1.44. The Morgan fingerprint density at radius 2 is 1.46 bits per heavy atom. The smallest absolute Gasteiger partial charge is 0.488 e. The van der Waals surface area contributed by atoms with Gasteiger partial charge in [0.05, 0.1) is 36.2 Å². The van der Waals surface area contributed by atoms with Gasteiger partial charge < -0.3 is 61.7 Å². The molecular formula is C55H77NO16S2. The molecule has 8 unspecified atom stereocenters. The molecule has 19 heteroatoms. The van der Waals surface area contributed by atoms with E-state index in [0.29, 0.717) is 10.1 Å². The predicted octanol–water partition coefficient (Wildman–Crippen LogP) is 9.49. The lowest BCUT2D eigenvalue weighted by Crippen LogP contribution is -2.62. The monoisotopic (exact) mass is 1070 g/mol. The molecule has 0 saturated carbocycles. The molecule has 3 fully saturated rings. The number of nitrogens with zero attached hydrogens (tertiary/aromatic N) is 1. The van der Waals surface area contributed by atoms with Crippen LogP contribution in [0, 0.1) is 17.8 Å². The SMILES string of the molecule is CCC1OC(=O)C(C)C(O[C@H]2C[C@@](C)(OC)[C@@H](OC(=S)SC)C(C)O2)C(C)[C@@H](OC2OC(C)CC(N(C)C(=O)OCc3ccccc3)[C@H]2OC(=O)OCc2ccccc2)[C@]2(C)CC(C)=C(O2)[C@H](C)C(=O)[C@]1(C)OC. The van der Waals surface area contributed by atoms with E-state index in [9.17, 15) is 19.2 Å². The van der Waals surface area contributed by atoms with Gasteiger partial charge in [0, 0.05) is 40.0 Å². The van der Waals surface area contributed by atoms with Gasteiger partial charge in [-0.1, -0.05) is 86.3 Å². The standard InChI is InChI=1S/C55H77NO16S2/c1-15-40-55(10,62-13)45(57)33(4)42-31(2)27-54(9,72-42)46(34(5)43(35(6)48(58)67-40)68-41-28-53(8,61-12)47(36(7)66-41)71-52(73)74-14)70-49-44(69-51(60)64-30-38-24-20-17-21-25-38)39(26-32(3)65-49)56(11)50(59)63-29-37-22-18-16-19-23-37/h16-25,32-36,39-41,43-44,46-47,49H,15,26-30H2,1-14H3/t32?,33-,34?,35?,36?,39?,40?,41-,43?,44+,46+,47-,49?,53+,54-,55+/m0/s1. The number of Topliss-reactive ketones (excluding diaryl/α,β-unsaturated/α-hetero) is 1. The van der Waals surface area contributed by atoms with E-state index in [1.165, 1.54) is 23.8 Å². The number of rotatable bonds is 14. The first-order chi connectivity index (χ1) is 35.0. The molecule has 0 aliphatic carbocycles. The highest BCUT2D eigenvalue weighted by molar-refractivity contribution is 8.22. The molecule has 16 atom stereocenters. The molecular weight excluding hydrogens is 995 g/mol. The molecule has 6 rings (SSSR count). The van der Waals surface area contributed by atoms with Gasteiger partial charge in [-0.05, 0) is 103 Å². The fourth-order valence-electron chi connectivity index (χ4n) is 10.9. The van der Waals surface area contributed by atoms with E-state index in [0.717, 1.165) is 16.7 Å². The van der Waals surface area contributed by atoms with Crippen molar-refractivity contribution in [1.29, 1.82) is 0 Å². The Kier molecular flexibility index (Phi) is 20.1. The second-order valence-corrected chi connectivity index (χ2v) is 22.0. The maximum Gasteiger partial charge on any atom is 0.509 e. The first-order valence-electron chi connectivity index (χ1n) is 25.4. The van der Waals surface area contributed by atoms with Gasteiger partial charge in [0.1, 0.15) is 42.4 Å². The van der Waals surface area contributed by atoms with E-state index in [-0.39, 0.29) is 44.7 Å². The summed E-state index contributed by atoms with van der Waals surface area (Å²) < 4.78 is 77.3. The molecule has 2 bridgehead atoms. The average molecular weight is 1070 g/mol. The molecule has 0 spiro atoms. The quantitative estimate of drug-likeness (QED) is 0.0990. The van der Waals surface area contributed by atoms with E-state index in [2.05, 4.69) is 0 Å². The summed E-state index contributed by atoms with van der Waals surface area (Å²) in [6.45, 7) is 18.0. The number of benzene rings is 2. The number of thioether (sulfide) groups is 1. The fraction of sp³-hybridized carbons (Fsp3) is 0.655. The second kappa shape index (κ2) is 25.2. The van der Waals surface area contributed by atoms with Gasteiger partial charge in [-0.3, -0.25) is 9.59 Å². The van der Waals surface area contributed by atoms with Crippen molar-refractivity contribution in [2.24, 2.45) is 17.8 Å². The summed E-state index contributed by atoms with van der Waals surface area (Å²) in [4.78, 5) is 58.9. The van der Waals surface area contributed by atoms with Crippen molar-refractivity contribution in [3.63, 3.8) is 0 Å². The molecule has 410 valence electrons. The van der Waals surface area contributed by atoms with Crippen LogP contribution in [-0.2, 0) is 79.6 Å². The maximum atomic E-state index is 14.8. The van der Waals surface area contributed by atoms with Crippen LogP contribution in [0.1, 0.15) is 106 Å². The lowest BCUT2D eigenvalue weighted by Gasteiger charge is -2.49. The van der Waals surface area contributed by atoms with E-state index in [1.807, 2.05) is 115 Å². The molecule has 1 amide bonds. The minimum atomic E-state index is -1.57. The van der Waals surface area contributed by atoms with E-state index < -0.39 is 114 Å². The van der Waals surface area contributed by atoms with Crippen molar-refractivity contribution in [2.75, 3.05) is 27.5 Å². The van der Waals surface area contributed by atoms with E-state index in [4.69, 9.17) is 69.1 Å². The zero-order valence-electron chi connectivity index (χ0n) is 45.3. The number of esters is 1. The van der Waals surface area contributed by atoms with Crippen LogP contribution >= 0.6 is 24.0 Å². The molecule has 17 nitrogen and oxygen atoms in total. The van der Waals surface area contributed by atoms with Crippen LogP contribution in [0.15, 0.2) is 72.0 Å². The Hall–Kier alpha value is -4.34. The first kappa shape index (κ1) is 58.9. The van der Waals surface area contributed by atoms with Crippen molar-refractivity contribution in [3.8, 4) is 0 Å². The summed E-state index contributed by atoms with van der Waals surface area (Å²) in [6.07, 6.45) is -7.62. The topological polar surface area (TPSA) is 182 Å². The summed E-state index contributed by atoms with van der Waals surface area (Å²) in [7, 11) is 4.57. The highest BCUT2D eigenvalue weighted by Gasteiger charge is 2.58. The highest BCUT2D eigenvalue weighted by Crippen LogP contribution is 2.48. The summed E-state index contributed by atoms with van der Waals surface area (Å²) >= 11 is 6.76. The highest BCUT2D eigenvalue weighted by atomic mass is 32.2. The Labute approximate surface area is 446 Å². The molecule has 4 aliphatic rings. The number of allylic oxidation sites excluding steroid dienone is 1. The number of cyclic esters (lactones) is 1. The van der Waals surface area contributed by atoms with Crippen molar-refractivity contribution in [2.45, 2.75) is 186 Å². The average Bonchev–Trinajstić information content (AvgIpc) is 3.71. The van der Waals surface area contributed by atoms with Gasteiger partial charge in [0.2, 0.25) is 4.38 Å². The van der Waals surface area contributed by atoms with Crippen molar-refractivity contribution in [1.82, 2.24) is 4.90 Å². The van der Waals surface area contributed by atoms with Crippen LogP contribution in [-0.4, -0.2) is 139 Å². The minimum absolute atomic E-state index is 0.00523. The molecule has 0 N–H and O–H groups in total. The molecule has 0 radical (unpaired) electrons. The predicted molar refractivity (Wildman–Crippen MR) is 279 cm³/mol. The number of hydrogen-bond donors (Lipinski definition) is 0. The number of hydrogen-bond acceptors (Lipinski definition) is 18. The van der Waals surface area contributed by atoms with Crippen molar-refractivity contribution in [3.05, 3.63) is 83.1 Å². The Bertz CT molecular complexity index is 2290. The van der Waals surface area contributed by atoms with Crippen molar-refractivity contribution >= 4 is 52.4 Å². The number of ether oxygens (including phenoxy) is 12.